The van der Waals surface area contributed by atoms with Gasteiger partial charge in [-0.1, -0.05) is 13.8 Å². The van der Waals surface area contributed by atoms with Crippen molar-refractivity contribution in [1.82, 2.24) is 25.1 Å². The van der Waals surface area contributed by atoms with Gasteiger partial charge in [-0.3, -0.25) is 4.79 Å². The first-order valence-electron chi connectivity index (χ1n) is 4.48. The predicted octanol–water partition coefficient (Wildman–Crippen LogP) is -0.176. The molecule has 0 aliphatic carbocycles. The van der Waals surface area contributed by atoms with Crippen LogP contribution in [0.4, 0.5) is 0 Å². The number of tetrazole rings is 1. The molecular weight excluding hydrogens is 182 g/mol. The van der Waals surface area contributed by atoms with E-state index in [0.717, 1.165) is 0 Å². The normalized spacial score (nSPS) is 10.6. The van der Waals surface area contributed by atoms with E-state index in [9.17, 15) is 4.79 Å². The van der Waals surface area contributed by atoms with Crippen LogP contribution in [0.1, 0.15) is 19.7 Å². The lowest BCUT2D eigenvalue weighted by Crippen LogP contribution is -2.31. The highest BCUT2D eigenvalue weighted by Crippen LogP contribution is 2.02. The molecule has 1 amide bonds. The van der Waals surface area contributed by atoms with Crippen molar-refractivity contribution in [3.8, 4) is 0 Å². The number of carbonyl (C=O) groups is 1. The van der Waals surface area contributed by atoms with Crippen LogP contribution >= 0.6 is 0 Å². The smallest absolute Gasteiger partial charge is 0.225 e. The summed E-state index contributed by atoms with van der Waals surface area (Å²) in [5.74, 6) is 0.774. The van der Waals surface area contributed by atoms with Crippen LogP contribution in [0.5, 0.6) is 0 Å². The summed E-state index contributed by atoms with van der Waals surface area (Å²) in [5.41, 5.74) is 0. The predicted molar refractivity (Wildman–Crippen MR) is 50.1 cm³/mol. The summed E-state index contributed by atoms with van der Waals surface area (Å²) in [4.78, 5) is 13.1. The van der Waals surface area contributed by atoms with Crippen LogP contribution in [-0.4, -0.2) is 38.1 Å². The zero-order chi connectivity index (χ0) is 10.7. The monoisotopic (exact) mass is 197 g/mol. The lowest BCUT2D eigenvalue weighted by Gasteiger charge is -2.17. The highest BCUT2D eigenvalue weighted by Gasteiger charge is 2.15. The molecule has 14 heavy (non-hydrogen) atoms. The first-order valence-corrected chi connectivity index (χ1v) is 4.48. The zero-order valence-corrected chi connectivity index (χ0v) is 8.93. The molecule has 6 heteroatoms. The van der Waals surface area contributed by atoms with Crippen LogP contribution in [0.3, 0.4) is 0 Å². The number of hydrogen-bond donors (Lipinski definition) is 0. The average molecular weight is 197 g/mol. The minimum absolute atomic E-state index is 0.00110. The minimum atomic E-state index is 0.00110. The number of aryl methyl sites for hydroxylation is 1. The van der Waals surface area contributed by atoms with Crippen LogP contribution in [0.15, 0.2) is 0 Å². The molecule has 0 aliphatic heterocycles. The maximum Gasteiger partial charge on any atom is 0.225 e. The Bertz CT molecular complexity index is 319. The first kappa shape index (κ1) is 10.6. The van der Waals surface area contributed by atoms with Crippen LogP contribution in [0.2, 0.25) is 0 Å². The lowest BCUT2D eigenvalue weighted by atomic mass is 10.2. The summed E-state index contributed by atoms with van der Waals surface area (Å²) >= 11 is 0. The third kappa shape index (κ3) is 2.27. The van der Waals surface area contributed by atoms with Gasteiger partial charge in [0.15, 0.2) is 5.82 Å². The fourth-order valence-corrected chi connectivity index (χ4v) is 1.11. The van der Waals surface area contributed by atoms with Crippen LogP contribution in [0, 0.1) is 5.92 Å². The second-order valence-electron chi connectivity index (χ2n) is 3.57. The first-order chi connectivity index (χ1) is 6.52. The third-order valence-electron chi connectivity index (χ3n) is 1.96. The molecule has 78 valence electrons. The lowest BCUT2D eigenvalue weighted by molar-refractivity contribution is -0.133. The van der Waals surface area contributed by atoms with Gasteiger partial charge in [0.1, 0.15) is 0 Å². The molecule has 0 unspecified atom stereocenters. The molecule has 0 radical (unpaired) electrons. The van der Waals surface area contributed by atoms with Crippen molar-refractivity contribution in [2.45, 2.75) is 20.4 Å². The van der Waals surface area contributed by atoms with Gasteiger partial charge < -0.3 is 4.90 Å². The zero-order valence-electron chi connectivity index (χ0n) is 8.93. The van der Waals surface area contributed by atoms with Crippen molar-refractivity contribution >= 4 is 5.91 Å². The Kier molecular flexibility index (Phi) is 3.16. The quantitative estimate of drug-likeness (QED) is 0.674. The molecule has 0 N–H and O–H groups in total. The van der Waals surface area contributed by atoms with E-state index < -0.39 is 0 Å². The number of aromatic nitrogens is 4. The standard InChI is InChI=1S/C8H15N5O/c1-6(2)8(14)12(3)5-7-9-10-11-13(7)4/h6H,5H2,1-4H3. The van der Waals surface area contributed by atoms with E-state index in [1.807, 2.05) is 13.8 Å². The summed E-state index contributed by atoms with van der Waals surface area (Å²) in [5, 5.41) is 11.0. The van der Waals surface area contributed by atoms with Crippen molar-refractivity contribution < 1.29 is 4.79 Å². The van der Waals surface area contributed by atoms with Crippen LogP contribution in [-0.2, 0) is 18.4 Å². The largest absolute Gasteiger partial charge is 0.338 e. The number of nitrogens with zero attached hydrogens (tertiary/aromatic N) is 5. The molecule has 1 aromatic rings. The maximum absolute atomic E-state index is 11.5. The second-order valence-corrected chi connectivity index (χ2v) is 3.57. The second kappa shape index (κ2) is 4.17. The van der Waals surface area contributed by atoms with E-state index in [4.69, 9.17) is 0 Å². The fraction of sp³-hybridized carbons (Fsp3) is 0.750. The van der Waals surface area contributed by atoms with Gasteiger partial charge in [-0.05, 0) is 10.4 Å². The molecule has 1 aromatic heterocycles. The number of carbonyl (C=O) groups excluding carboxylic acids is 1. The maximum atomic E-state index is 11.5. The van der Waals surface area contributed by atoms with E-state index in [-0.39, 0.29) is 11.8 Å². The molecular formula is C8H15N5O. The topological polar surface area (TPSA) is 63.9 Å². The molecule has 0 saturated carbocycles. The molecule has 0 fully saturated rings. The molecule has 0 aromatic carbocycles. The fourth-order valence-electron chi connectivity index (χ4n) is 1.11. The van der Waals surface area contributed by atoms with E-state index in [2.05, 4.69) is 15.5 Å². The van der Waals surface area contributed by atoms with Crippen molar-refractivity contribution in [3.05, 3.63) is 5.82 Å². The molecule has 1 heterocycles. The summed E-state index contributed by atoms with van der Waals surface area (Å²) < 4.78 is 1.56. The van der Waals surface area contributed by atoms with Crippen LogP contribution < -0.4 is 0 Å². The Balaban J connectivity index is 2.62. The van der Waals surface area contributed by atoms with Gasteiger partial charge in [0, 0.05) is 20.0 Å². The molecule has 0 bridgehead atoms. The SMILES string of the molecule is CC(C)C(=O)N(C)Cc1nnnn1C. The number of hydrogen-bond acceptors (Lipinski definition) is 4. The van der Waals surface area contributed by atoms with Crippen molar-refractivity contribution in [3.63, 3.8) is 0 Å². The van der Waals surface area contributed by atoms with Crippen molar-refractivity contribution in [1.29, 1.82) is 0 Å². The van der Waals surface area contributed by atoms with Gasteiger partial charge in [-0.25, -0.2) is 4.68 Å². The Hall–Kier alpha value is -1.46. The van der Waals surface area contributed by atoms with Gasteiger partial charge in [-0.15, -0.1) is 5.10 Å². The van der Waals surface area contributed by atoms with Crippen molar-refractivity contribution in [2.75, 3.05) is 7.05 Å². The summed E-state index contributed by atoms with van der Waals surface area (Å²) in [6.45, 7) is 4.18. The summed E-state index contributed by atoms with van der Waals surface area (Å²) in [7, 11) is 3.50. The van der Waals surface area contributed by atoms with E-state index in [1.54, 1.807) is 23.7 Å². The van der Waals surface area contributed by atoms with Gasteiger partial charge >= 0.3 is 0 Å². The van der Waals surface area contributed by atoms with Crippen molar-refractivity contribution in [2.24, 2.45) is 13.0 Å². The molecule has 0 spiro atoms. The number of amides is 1. The Morgan fingerprint density at radius 3 is 2.64 bits per heavy atom. The number of rotatable bonds is 3. The Morgan fingerprint density at radius 1 is 1.57 bits per heavy atom. The molecule has 0 saturated heterocycles. The van der Waals surface area contributed by atoms with E-state index in [0.29, 0.717) is 12.4 Å². The average Bonchev–Trinajstić information content (AvgIpc) is 2.50. The molecule has 6 nitrogen and oxygen atoms in total. The summed E-state index contributed by atoms with van der Waals surface area (Å²) in [6.07, 6.45) is 0. The molecule has 0 aliphatic rings. The van der Waals surface area contributed by atoms with Gasteiger partial charge in [-0.2, -0.15) is 0 Å². The van der Waals surface area contributed by atoms with E-state index >= 15 is 0 Å². The Morgan fingerprint density at radius 2 is 2.21 bits per heavy atom. The van der Waals surface area contributed by atoms with E-state index in [1.165, 1.54) is 0 Å². The molecule has 1 rings (SSSR count). The third-order valence-corrected chi connectivity index (χ3v) is 1.96. The summed E-state index contributed by atoms with van der Waals surface area (Å²) in [6, 6.07) is 0. The minimum Gasteiger partial charge on any atom is -0.338 e. The molecule has 0 atom stereocenters. The van der Waals surface area contributed by atoms with Gasteiger partial charge in [0.05, 0.1) is 6.54 Å². The van der Waals surface area contributed by atoms with Crippen LogP contribution in [0.25, 0.3) is 0 Å². The Labute approximate surface area is 82.9 Å². The highest BCUT2D eigenvalue weighted by atomic mass is 16.2. The highest BCUT2D eigenvalue weighted by molar-refractivity contribution is 5.77. The van der Waals surface area contributed by atoms with Gasteiger partial charge in [0.25, 0.3) is 0 Å². The van der Waals surface area contributed by atoms with Gasteiger partial charge in [0.2, 0.25) is 5.91 Å².